The van der Waals surface area contributed by atoms with Crippen LogP contribution in [0.1, 0.15) is 18.9 Å². The number of carbonyl (C=O) groups is 3. The van der Waals surface area contributed by atoms with Crippen molar-refractivity contribution in [2.45, 2.75) is 25.6 Å². The average Bonchev–Trinajstić information content (AvgIpc) is 3.10. The summed E-state index contributed by atoms with van der Waals surface area (Å²) in [5.74, 6) is -1.45. The van der Waals surface area contributed by atoms with E-state index >= 15 is 0 Å². The molecule has 0 radical (unpaired) electrons. The summed E-state index contributed by atoms with van der Waals surface area (Å²) < 4.78 is 44.3. The number of ether oxygens (including phenoxy) is 1. The highest BCUT2D eigenvalue weighted by atomic mass is 19.4. The number of rotatable bonds is 3. The lowest BCUT2D eigenvalue weighted by atomic mass is 10.1. The number of nitrogens with zero attached hydrogens (tertiary/aromatic N) is 1. The SMILES string of the molecule is C[C@H]1Oc2ccc(NC(=O)[C@@H]3CC(=O)N(c4cccc(C(F)(F)F)c4)C3)cc2NC1=O. The summed E-state index contributed by atoms with van der Waals surface area (Å²) in [7, 11) is 0. The number of amides is 3. The predicted octanol–water partition coefficient (Wildman–Crippen LogP) is 3.42. The van der Waals surface area contributed by atoms with Crippen molar-refractivity contribution in [2.75, 3.05) is 22.1 Å². The molecule has 0 aliphatic carbocycles. The summed E-state index contributed by atoms with van der Waals surface area (Å²) in [5, 5.41) is 5.36. The third kappa shape index (κ3) is 4.18. The minimum Gasteiger partial charge on any atom is -0.479 e. The zero-order valence-electron chi connectivity index (χ0n) is 16.3. The Kier molecular flexibility index (Phi) is 5.08. The van der Waals surface area contributed by atoms with E-state index in [0.29, 0.717) is 17.1 Å². The zero-order valence-corrected chi connectivity index (χ0v) is 16.3. The van der Waals surface area contributed by atoms with Crippen molar-refractivity contribution in [3.8, 4) is 5.75 Å². The van der Waals surface area contributed by atoms with Gasteiger partial charge in [0.15, 0.2) is 6.10 Å². The number of carbonyl (C=O) groups excluding carboxylic acids is 3. The van der Waals surface area contributed by atoms with Crippen LogP contribution in [0.15, 0.2) is 42.5 Å². The number of alkyl halides is 3. The van der Waals surface area contributed by atoms with Gasteiger partial charge in [-0.05, 0) is 43.3 Å². The molecule has 2 atom stereocenters. The van der Waals surface area contributed by atoms with E-state index in [9.17, 15) is 27.6 Å². The van der Waals surface area contributed by atoms with E-state index in [1.165, 1.54) is 17.0 Å². The molecule has 1 saturated heterocycles. The van der Waals surface area contributed by atoms with E-state index in [-0.39, 0.29) is 24.6 Å². The maximum absolute atomic E-state index is 13.0. The van der Waals surface area contributed by atoms with E-state index in [2.05, 4.69) is 10.6 Å². The molecule has 2 aromatic carbocycles. The van der Waals surface area contributed by atoms with E-state index in [4.69, 9.17) is 4.74 Å². The quantitative estimate of drug-likeness (QED) is 0.777. The van der Waals surface area contributed by atoms with Crippen molar-refractivity contribution in [1.29, 1.82) is 0 Å². The van der Waals surface area contributed by atoms with Gasteiger partial charge in [0.1, 0.15) is 5.75 Å². The molecule has 10 heteroatoms. The van der Waals surface area contributed by atoms with Gasteiger partial charge in [0.25, 0.3) is 5.91 Å². The first kappa shape index (κ1) is 20.7. The standard InChI is InChI=1S/C21H18F3N3O4/c1-11-19(29)26-16-9-14(5-6-17(16)31-11)25-20(30)12-7-18(28)27(10-12)15-4-2-3-13(8-15)21(22,23)24/h2-6,8-9,11-12H,7,10H2,1H3,(H,25,30)(H,26,29)/t11-,12-/m1/s1. The van der Waals surface area contributed by atoms with Gasteiger partial charge in [-0.2, -0.15) is 13.2 Å². The lowest BCUT2D eigenvalue weighted by Crippen LogP contribution is -2.34. The van der Waals surface area contributed by atoms with Crippen LogP contribution in [0.5, 0.6) is 5.75 Å². The fraction of sp³-hybridized carbons (Fsp3) is 0.286. The monoisotopic (exact) mass is 433 g/mol. The average molecular weight is 433 g/mol. The van der Waals surface area contributed by atoms with Crippen LogP contribution in [-0.2, 0) is 20.6 Å². The Morgan fingerprint density at radius 3 is 2.71 bits per heavy atom. The number of benzene rings is 2. The Morgan fingerprint density at radius 1 is 1.19 bits per heavy atom. The summed E-state index contributed by atoms with van der Waals surface area (Å²) in [6.07, 6.45) is -5.28. The van der Waals surface area contributed by atoms with Crippen LogP contribution in [0.3, 0.4) is 0 Å². The van der Waals surface area contributed by atoms with Crippen molar-refractivity contribution in [3.63, 3.8) is 0 Å². The first-order valence-electron chi connectivity index (χ1n) is 9.52. The maximum Gasteiger partial charge on any atom is 0.416 e. The number of nitrogens with one attached hydrogen (secondary N) is 2. The molecule has 7 nitrogen and oxygen atoms in total. The third-order valence-electron chi connectivity index (χ3n) is 5.16. The fourth-order valence-corrected chi connectivity index (χ4v) is 3.51. The zero-order chi connectivity index (χ0) is 22.3. The molecule has 2 heterocycles. The Bertz CT molecular complexity index is 1070. The Hall–Kier alpha value is -3.56. The molecule has 31 heavy (non-hydrogen) atoms. The first-order chi connectivity index (χ1) is 14.6. The predicted molar refractivity (Wildman–Crippen MR) is 106 cm³/mol. The fourth-order valence-electron chi connectivity index (χ4n) is 3.51. The molecule has 2 aliphatic heterocycles. The number of fused-ring (bicyclic) bond motifs is 1. The summed E-state index contributed by atoms with van der Waals surface area (Å²) in [6, 6.07) is 9.19. The maximum atomic E-state index is 13.0. The molecule has 0 unspecified atom stereocenters. The minimum absolute atomic E-state index is 0.0335. The van der Waals surface area contributed by atoms with Crippen molar-refractivity contribution in [1.82, 2.24) is 0 Å². The summed E-state index contributed by atoms with van der Waals surface area (Å²) >= 11 is 0. The van der Waals surface area contributed by atoms with Crippen LogP contribution in [0.4, 0.5) is 30.2 Å². The van der Waals surface area contributed by atoms with Gasteiger partial charge in [0.2, 0.25) is 11.8 Å². The molecule has 0 saturated carbocycles. The van der Waals surface area contributed by atoms with Gasteiger partial charge < -0.3 is 20.3 Å². The Labute approximate surface area is 175 Å². The molecule has 0 aromatic heterocycles. The van der Waals surface area contributed by atoms with Gasteiger partial charge in [0.05, 0.1) is 17.2 Å². The van der Waals surface area contributed by atoms with E-state index < -0.39 is 35.6 Å². The van der Waals surface area contributed by atoms with Crippen LogP contribution in [-0.4, -0.2) is 30.4 Å². The van der Waals surface area contributed by atoms with Gasteiger partial charge in [-0.15, -0.1) is 0 Å². The van der Waals surface area contributed by atoms with Gasteiger partial charge >= 0.3 is 6.18 Å². The van der Waals surface area contributed by atoms with Crippen LogP contribution in [0, 0.1) is 5.92 Å². The highest BCUT2D eigenvalue weighted by Gasteiger charge is 2.37. The number of hydrogen-bond donors (Lipinski definition) is 2. The lowest BCUT2D eigenvalue weighted by Gasteiger charge is -2.24. The highest BCUT2D eigenvalue weighted by molar-refractivity contribution is 6.04. The van der Waals surface area contributed by atoms with Crippen LogP contribution in [0.2, 0.25) is 0 Å². The molecule has 4 rings (SSSR count). The lowest BCUT2D eigenvalue weighted by molar-refractivity contribution is -0.137. The van der Waals surface area contributed by atoms with Crippen molar-refractivity contribution >= 4 is 34.8 Å². The number of halogens is 3. The second-order valence-corrected chi connectivity index (χ2v) is 7.40. The summed E-state index contributed by atoms with van der Waals surface area (Å²) in [5.41, 5.74) is 0.0393. The summed E-state index contributed by atoms with van der Waals surface area (Å²) in [6.45, 7) is 1.58. The summed E-state index contributed by atoms with van der Waals surface area (Å²) in [4.78, 5) is 38.0. The molecule has 162 valence electrons. The minimum atomic E-state index is -4.53. The number of anilines is 3. The van der Waals surface area contributed by atoms with Gasteiger partial charge in [-0.3, -0.25) is 14.4 Å². The van der Waals surface area contributed by atoms with Crippen LogP contribution >= 0.6 is 0 Å². The molecule has 0 bridgehead atoms. The first-order valence-corrected chi connectivity index (χ1v) is 9.52. The van der Waals surface area contributed by atoms with Crippen molar-refractivity contribution < 1.29 is 32.3 Å². The molecule has 2 aliphatic rings. The topological polar surface area (TPSA) is 87.7 Å². The molecule has 3 amide bonds. The smallest absolute Gasteiger partial charge is 0.416 e. The molecule has 1 fully saturated rings. The Morgan fingerprint density at radius 2 is 1.97 bits per heavy atom. The molecular formula is C21H18F3N3O4. The van der Waals surface area contributed by atoms with Crippen molar-refractivity contribution in [3.05, 3.63) is 48.0 Å². The van der Waals surface area contributed by atoms with Gasteiger partial charge in [0, 0.05) is 24.3 Å². The molecular weight excluding hydrogens is 415 g/mol. The third-order valence-corrected chi connectivity index (χ3v) is 5.16. The normalized spacial score (nSPS) is 20.7. The highest BCUT2D eigenvalue weighted by Crippen LogP contribution is 2.35. The van der Waals surface area contributed by atoms with E-state index in [0.717, 1.165) is 12.1 Å². The van der Waals surface area contributed by atoms with Crippen LogP contribution < -0.4 is 20.3 Å². The van der Waals surface area contributed by atoms with Crippen LogP contribution in [0.25, 0.3) is 0 Å². The van der Waals surface area contributed by atoms with E-state index in [1.807, 2.05) is 0 Å². The second kappa shape index (κ2) is 7.60. The molecule has 0 spiro atoms. The molecule has 2 N–H and O–H groups in total. The van der Waals surface area contributed by atoms with Gasteiger partial charge in [-0.25, -0.2) is 0 Å². The number of hydrogen-bond acceptors (Lipinski definition) is 4. The van der Waals surface area contributed by atoms with Gasteiger partial charge in [-0.1, -0.05) is 6.07 Å². The second-order valence-electron chi connectivity index (χ2n) is 7.40. The largest absolute Gasteiger partial charge is 0.479 e. The van der Waals surface area contributed by atoms with E-state index in [1.54, 1.807) is 25.1 Å². The van der Waals surface area contributed by atoms with Crippen molar-refractivity contribution in [2.24, 2.45) is 5.92 Å². The Balaban J connectivity index is 1.46. The molecule has 2 aromatic rings.